The van der Waals surface area contributed by atoms with Gasteiger partial charge < -0.3 is 9.88 Å². The third-order valence-corrected chi connectivity index (χ3v) is 5.09. The highest BCUT2D eigenvalue weighted by Gasteiger charge is 2.26. The number of hydrogen-bond acceptors (Lipinski definition) is 3. The van der Waals surface area contributed by atoms with Gasteiger partial charge in [-0.25, -0.2) is 4.79 Å². The van der Waals surface area contributed by atoms with Crippen molar-refractivity contribution in [1.29, 1.82) is 0 Å². The Bertz CT molecular complexity index is 961. The first kappa shape index (κ1) is 16.6. The van der Waals surface area contributed by atoms with Crippen molar-refractivity contribution in [1.82, 2.24) is 19.4 Å². The minimum atomic E-state index is -0.159. The average molecular weight is 350 g/mol. The summed E-state index contributed by atoms with van der Waals surface area (Å²) in [6.07, 6.45) is 4.08. The van der Waals surface area contributed by atoms with E-state index in [1.165, 1.54) is 0 Å². The largest absolute Gasteiger partial charge is 0.342 e. The first-order valence-electron chi connectivity index (χ1n) is 9.06. The number of benzene rings is 1. The van der Waals surface area contributed by atoms with Gasteiger partial charge in [-0.15, -0.1) is 0 Å². The number of rotatable bonds is 5. The lowest BCUT2D eigenvalue weighted by molar-refractivity contribution is -0.130. The van der Waals surface area contributed by atoms with Crippen molar-refractivity contribution in [3.63, 3.8) is 0 Å². The molecular formula is C20H22N4O2. The summed E-state index contributed by atoms with van der Waals surface area (Å²) in [6.45, 7) is 1.97. The monoisotopic (exact) mass is 350 g/mol. The number of hydrogen-bond donors (Lipinski definition) is 1. The van der Waals surface area contributed by atoms with E-state index in [9.17, 15) is 9.59 Å². The van der Waals surface area contributed by atoms with E-state index in [1.54, 1.807) is 4.57 Å². The number of carbonyl (C=O) groups is 1. The lowest BCUT2D eigenvalue weighted by Gasteiger charge is -2.16. The topological polar surface area (TPSA) is 71.0 Å². The zero-order valence-electron chi connectivity index (χ0n) is 14.6. The van der Waals surface area contributed by atoms with E-state index in [-0.39, 0.29) is 11.6 Å². The Morgan fingerprint density at radius 2 is 2.04 bits per heavy atom. The predicted molar refractivity (Wildman–Crippen MR) is 99.8 cm³/mol. The van der Waals surface area contributed by atoms with Crippen LogP contribution in [-0.2, 0) is 17.8 Å². The smallest absolute Gasteiger partial charge is 0.326 e. The molecule has 1 aromatic carbocycles. The van der Waals surface area contributed by atoms with Crippen LogP contribution in [0.1, 0.15) is 18.5 Å². The predicted octanol–water partition coefficient (Wildman–Crippen LogP) is 2.21. The fourth-order valence-corrected chi connectivity index (χ4v) is 3.73. The van der Waals surface area contributed by atoms with Crippen molar-refractivity contribution in [2.75, 3.05) is 13.1 Å². The fraction of sp³-hybridized carbons (Fsp3) is 0.350. The number of pyridine rings is 1. The maximum Gasteiger partial charge on any atom is 0.326 e. The highest BCUT2D eigenvalue weighted by molar-refractivity contribution is 5.77. The molecule has 0 bridgehead atoms. The van der Waals surface area contributed by atoms with Crippen LogP contribution in [0, 0.1) is 5.92 Å². The van der Waals surface area contributed by atoms with Gasteiger partial charge in [-0.05, 0) is 43.0 Å². The second kappa shape index (κ2) is 7.15. The molecule has 1 unspecified atom stereocenters. The van der Waals surface area contributed by atoms with E-state index >= 15 is 0 Å². The molecule has 3 heterocycles. The number of nitrogens with zero attached hydrogens (tertiary/aromatic N) is 3. The van der Waals surface area contributed by atoms with Crippen LogP contribution in [0.3, 0.4) is 0 Å². The Morgan fingerprint density at radius 3 is 2.88 bits per heavy atom. The van der Waals surface area contributed by atoms with E-state index in [2.05, 4.69) is 9.97 Å². The molecule has 4 rings (SSSR count). The van der Waals surface area contributed by atoms with Gasteiger partial charge in [0.05, 0.1) is 11.0 Å². The van der Waals surface area contributed by atoms with Crippen molar-refractivity contribution < 1.29 is 4.79 Å². The lowest BCUT2D eigenvalue weighted by atomic mass is 10.0. The van der Waals surface area contributed by atoms with Crippen LogP contribution in [0.5, 0.6) is 0 Å². The van der Waals surface area contributed by atoms with Gasteiger partial charge in [0.25, 0.3) is 0 Å². The number of likely N-dealkylation sites (tertiary alicyclic amines) is 1. The van der Waals surface area contributed by atoms with Gasteiger partial charge >= 0.3 is 5.69 Å². The minimum absolute atomic E-state index is 0.116. The van der Waals surface area contributed by atoms with Gasteiger partial charge in [-0.1, -0.05) is 18.2 Å². The molecule has 26 heavy (non-hydrogen) atoms. The Kier molecular flexibility index (Phi) is 4.56. The summed E-state index contributed by atoms with van der Waals surface area (Å²) in [5.41, 5.74) is 2.58. The SMILES string of the molecule is O=C(CCn1c(=O)[nH]c2ccccc21)N1CCC(Cc2ccccn2)C1. The quantitative estimate of drug-likeness (QED) is 0.767. The van der Waals surface area contributed by atoms with Crippen LogP contribution >= 0.6 is 0 Å². The molecule has 1 N–H and O–H groups in total. The summed E-state index contributed by atoms with van der Waals surface area (Å²) in [4.78, 5) is 33.8. The summed E-state index contributed by atoms with van der Waals surface area (Å²) in [6, 6.07) is 13.5. The molecule has 1 saturated heterocycles. The van der Waals surface area contributed by atoms with Crippen LogP contribution in [-0.4, -0.2) is 38.4 Å². The van der Waals surface area contributed by atoms with Crippen LogP contribution in [0.15, 0.2) is 53.5 Å². The molecule has 134 valence electrons. The van der Waals surface area contributed by atoms with Crippen molar-refractivity contribution in [2.24, 2.45) is 5.92 Å². The number of aromatic nitrogens is 3. The van der Waals surface area contributed by atoms with E-state index in [0.717, 1.165) is 42.7 Å². The van der Waals surface area contributed by atoms with Crippen LogP contribution < -0.4 is 5.69 Å². The molecule has 1 aliphatic heterocycles. The molecule has 3 aromatic rings. The maximum atomic E-state index is 12.6. The number of fused-ring (bicyclic) bond motifs is 1. The second-order valence-corrected chi connectivity index (χ2v) is 6.87. The van der Waals surface area contributed by atoms with Crippen LogP contribution in [0.2, 0.25) is 0 Å². The van der Waals surface area contributed by atoms with Gasteiger partial charge in [-0.3, -0.25) is 14.3 Å². The zero-order valence-corrected chi connectivity index (χ0v) is 14.6. The Hall–Kier alpha value is -2.89. The average Bonchev–Trinajstić information content (AvgIpc) is 3.24. The fourth-order valence-electron chi connectivity index (χ4n) is 3.73. The highest BCUT2D eigenvalue weighted by atomic mass is 16.2. The molecule has 1 amide bonds. The zero-order chi connectivity index (χ0) is 17.9. The number of amides is 1. The molecule has 1 aliphatic rings. The number of H-pyrrole nitrogens is 1. The van der Waals surface area contributed by atoms with Gasteiger partial charge in [0.1, 0.15) is 0 Å². The summed E-state index contributed by atoms with van der Waals surface area (Å²) in [7, 11) is 0. The molecular weight excluding hydrogens is 328 g/mol. The molecule has 0 saturated carbocycles. The van der Waals surface area contributed by atoms with Crippen molar-refractivity contribution in [3.8, 4) is 0 Å². The summed E-state index contributed by atoms with van der Waals surface area (Å²) in [5, 5.41) is 0. The number of para-hydroxylation sites is 2. The highest BCUT2D eigenvalue weighted by Crippen LogP contribution is 2.21. The Balaban J connectivity index is 1.35. The third kappa shape index (κ3) is 3.40. The van der Waals surface area contributed by atoms with Gasteiger partial charge in [0.2, 0.25) is 5.91 Å². The molecule has 0 spiro atoms. The molecule has 0 aliphatic carbocycles. The first-order valence-corrected chi connectivity index (χ1v) is 9.06. The van der Waals surface area contributed by atoms with Crippen molar-refractivity contribution >= 4 is 16.9 Å². The first-order chi connectivity index (χ1) is 12.7. The molecule has 6 nitrogen and oxygen atoms in total. The second-order valence-electron chi connectivity index (χ2n) is 6.87. The van der Waals surface area contributed by atoms with Gasteiger partial charge in [0.15, 0.2) is 0 Å². The van der Waals surface area contributed by atoms with Crippen molar-refractivity contribution in [3.05, 3.63) is 64.8 Å². The molecule has 1 atom stereocenters. The third-order valence-electron chi connectivity index (χ3n) is 5.09. The lowest BCUT2D eigenvalue weighted by Crippen LogP contribution is -2.30. The normalized spacial score (nSPS) is 17.1. The number of aryl methyl sites for hydroxylation is 1. The standard InChI is InChI=1S/C20H22N4O2/c25-19(9-12-24-18-7-2-1-6-17(18)22-20(24)26)23-11-8-15(14-23)13-16-5-3-4-10-21-16/h1-7,10,15H,8-9,11-14H2,(H,22,26). The Morgan fingerprint density at radius 1 is 1.19 bits per heavy atom. The number of carbonyl (C=O) groups excluding carboxylic acids is 1. The maximum absolute atomic E-state index is 12.6. The molecule has 2 aromatic heterocycles. The minimum Gasteiger partial charge on any atom is -0.342 e. The van der Waals surface area contributed by atoms with E-state index in [1.807, 2.05) is 53.6 Å². The van der Waals surface area contributed by atoms with Crippen LogP contribution in [0.4, 0.5) is 0 Å². The molecule has 1 fully saturated rings. The summed E-state index contributed by atoms with van der Waals surface area (Å²) < 4.78 is 1.65. The summed E-state index contributed by atoms with van der Waals surface area (Å²) >= 11 is 0. The van der Waals surface area contributed by atoms with E-state index < -0.39 is 0 Å². The number of aromatic amines is 1. The van der Waals surface area contributed by atoms with Gasteiger partial charge in [-0.2, -0.15) is 0 Å². The van der Waals surface area contributed by atoms with E-state index in [0.29, 0.717) is 18.9 Å². The molecule has 0 radical (unpaired) electrons. The van der Waals surface area contributed by atoms with Crippen molar-refractivity contribution in [2.45, 2.75) is 25.8 Å². The number of nitrogens with one attached hydrogen (secondary N) is 1. The van der Waals surface area contributed by atoms with Crippen LogP contribution in [0.25, 0.3) is 11.0 Å². The summed E-state index contributed by atoms with van der Waals surface area (Å²) in [5.74, 6) is 0.579. The van der Waals surface area contributed by atoms with Gasteiger partial charge in [0, 0.05) is 37.9 Å². The molecule has 6 heteroatoms. The Labute approximate surface area is 151 Å². The van der Waals surface area contributed by atoms with E-state index in [4.69, 9.17) is 0 Å². The number of imidazole rings is 1.